The molecule has 5 heteroatoms. The molecule has 1 heterocycles. The van der Waals surface area contributed by atoms with Crippen LogP contribution in [0.1, 0.15) is 40.5 Å². The van der Waals surface area contributed by atoms with Crippen LogP contribution in [-0.2, 0) is 14.3 Å². The lowest BCUT2D eigenvalue weighted by atomic mass is 10.0. The van der Waals surface area contributed by atoms with Crippen molar-refractivity contribution in [3.05, 3.63) is 0 Å². The summed E-state index contributed by atoms with van der Waals surface area (Å²) in [6.45, 7) is 8.82. The Morgan fingerprint density at radius 3 is 2.47 bits per heavy atom. The number of ether oxygens (including phenoxy) is 1. The minimum absolute atomic E-state index is 0.0972. The van der Waals surface area contributed by atoms with Crippen LogP contribution < -0.4 is 0 Å². The number of hydrogen-bond acceptors (Lipinski definition) is 3. The lowest BCUT2D eigenvalue weighted by Gasteiger charge is -2.26. The second-order valence-electron chi connectivity index (χ2n) is 5.70. The maximum Gasteiger partial charge on any atom is 0.308 e. The minimum Gasteiger partial charge on any atom is -0.481 e. The van der Waals surface area contributed by atoms with Gasteiger partial charge in [-0.3, -0.25) is 9.59 Å². The Kier molecular flexibility index (Phi) is 5.79. The van der Waals surface area contributed by atoms with Gasteiger partial charge in [0.05, 0.1) is 5.92 Å². The van der Waals surface area contributed by atoms with Gasteiger partial charge in [-0.05, 0) is 32.6 Å². The van der Waals surface area contributed by atoms with E-state index in [1.165, 1.54) is 0 Å². The Balaban J connectivity index is 2.47. The third-order valence-electron chi connectivity index (χ3n) is 3.77. The van der Waals surface area contributed by atoms with Gasteiger partial charge in [0.25, 0.3) is 5.91 Å². The highest BCUT2D eigenvalue weighted by molar-refractivity contribution is 5.82. The van der Waals surface area contributed by atoms with Crippen LogP contribution in [-0.4, -0.2) is 47.2 Å². The first-order valence-corrected chi connectivity index (χ1v) is 6.99. The van der Waals surface area contributed by atoms with Gasteiger partial charge >= 0.3 is 5.97 Å². The highest BCUT2D eigenvalue weighted by atomic mass is 16.5. The van der Waals surface area contributed by atoms with Crippen LogP contribution in [0.5, 0.6) is 0 Å². The molecule has 110 valence electrons. The van der Waals surface area contributed by atoms with E-state index in [-0.39, 0.29) is 11.9 Å². The molecular formula is C14H25NO4. The molecule has 0 aromatic heterocycles. The van der Waals surface area contributed by atoms with Crippen LogP contribution in [0.4, 0.5) is 0 Å². The van der Waals surface area contributed by atoms with Crippen LogP contribution in [0.25, 0.3) is 0 Å². The number of carbonyl (C=O) groups excluding carboxylic acids is 1. The van der Waals surface area contributed by atoms with Crippen molar-refractivity contribution in [2.24, 2.45) is 11.8 Å². The number of likely N-dealkylation sites (tertiary alicyclic amines) is 1. The SMILES string of the molecule is CC(C)CCOC(C)C(=O)N1CCC(C(=O)O)C1C. The third kappa shape index (κ3) is 4.20. The van der Waals surface area contributed by atoms with Crippen LogP contribution in [0.3, 0.4) is 0 Å². The number of amides is 1. The summed E-state index contributed by atoms with van der Waals surface area (Å²) in [4.78, 5) is 24.9. The number of carbonyl (C=O) groups is 2. The van der Waals surface area contributed by atoms with E-state index in [1.807, 2.05) is 0 Å². The average Bonchev–Trinajstić information content (AvgIpc) is 2.69. The van der Waals surface area contributed by atoms with Gasteiger partial charge in [0.15, 0.2) is 0 Å². The third-order valence-corrected chi connectivity index (χ3v) is 3.77. The molecule has 0 aliphatic carbocycles. The second kappa shape index (κ2) is 6.89. The molecule has 3 atom stereocenters. The number of nitrogens with zero attached hydrogens (tertiary/aromatic N) is 1. The first kappa shape index (κ1) is 16.0. The summed E-state index contributed by atoms with van der Waals surface area (Å²) in [5.41, 5.74) is 0. The number of aliphatic carboxylic acids is 1. The number of carboxylic acids is 1. The smallest absolute Gasteiger partial charge is 0.308 e. The molecule has 0 spiro atoms. The van der Waals surface area contributed by atoms with Crippen LogP contribution in [0.15, 0.2) is 0 Å². The molecule has 1 rings (SSSR count). The van der Waals surface area contributed by atoms with Gasteiger partial charge in [-0.1, -0.05) is 13.8 Å². The van der Waals surface area contributed by atoms with Crippen molar-refractivity contribution in [2.45, 2.75) is 52.7 Å². The predicted molar refractivity (Wildman–Crippen MR) is 71.8 cm³/mol. The molecule has 1 saturated heterocycles. The van der Waals surface area contributed by atoms with Gasteiger partial charge in [-0.25, -0.2) is 0 Å². The van der Waals surface area contributed by atoms with Crippen molar-refractivity contribution < 1.29 is 19.4 Å². The van der Waals surface area contributed by atoms with Crippen LogP contribution in [0, 0.1) is 11.8 Å². The molecule has 1 aliphatic heterocycles. The van der Waals surface area contributed by atoms with E-state index >= 15 is 0 Å². The summed E-state index contributed by atoms with van der Waals surface area (Å²) in [6, 6.07) is -0.249. The fourth-order valence-corrected chi connectivity index (χ4v) is 2.37. The fraction of sp³-hybridized carbons (Fsp3) is 0.857. The van der Waals surface area contributed by atoms with Gasteiger partial charge in [-0.15, -0.1) is 0 Å². The molecule has 1 fully saturated rings. The van der Waals surface area contributed by atoms with Gasteiger partial charge in [0, 0.05) is 19.2 Å². The van der Waals surface area contributed by atoms with Gasteiger partial charge in [0.2, 0.25) is 0 Å². The number of rotatable bonds is 6. The first-order valence-electron chi connectivity index (χ1n) is 6.99. The molecule has 0 aromatic carbocycles. The zero-order chi connectivity index (χ0) is 14.6. The Morgan fingerprint density at radius 2 is 2.00 bits per heavy atom. The van der Waals surface area contributed by atoms with E-state index in [9.17, 15) is 9.59 Å². The molecule has 19 heavy (non-hydrogen) atoms. The average molecular weight is 271 g/mol. The Hall–Kier alpha value is -1.10. The minimum atomic E-state index is -0.823. The summed E-state index contributed by atoms with van der Waals surface area (Å²) in [5, 5.41) is 9.06. The molecule has 0 radical (unpaired) electrons. The fourth-order valence-electron chi connectivity index (χ4n) is 2.37. The van der Waals surface area contributed by atoms with Gasteiger partial charge in [0.1, 0.15) is 6.10 Å². The largest absolute Gasteiger partial charge is 0.481 e. The van der Waals surface area contributed by atoms with E-state index in [0.29, 0.717) is 25.5 Å². The maximum absolute atomic E-state index is 12.2. The van der Waals surface area contributed by atoms with Crippen molar-refractivity contribution >= 4 is 11.9 Å². The van der Waals surface area contributed by atoms with Crippen LogP contribution >= 0.6 is 0 Å². The summed E-state index contributed by atoms with van der Waals surface area (Å²) in [5.74, 6) is -0.826. The zero-order valence-electron chi connectivity index (χ0n) is 12.3. The lowest BCUT2D eigenvalue weighted by molar-refractivity contribution is -0.146. The summed E-state index contributed by atoms with van der Waals surface area (Å²) < 4.78 is 5.53. The van der Waals surface area contributed by atoms with E-state index in [1.54, 1.807) is 18.7 Å². The monoisotopic (exact) mass is 271 g/mol. The second-order valence-corrected chi connectivity index (χ2v) is 5.70. The molecule has 3 unspecified atom stereocenters. The van der Waals surface area contributed by atoms with Crippen molar-refractivity contribution in [3.63, 3.8) is 0 Å². The standard InChI is InChI=1S/C14H25NO4/c1-9(2)6-8-19-11(4)13(16)15-7-5-12(10(15)3)14(17)18/h9-12H,5-8H2,1-4H3,(H,17,18). The molecule has 0 bridgehead atoms. The molecule has 1 aliphatic rings. The van der Waals surface area contributed by atoms with E-state index < -0.39 is 18.0 Å². The molecule has 5 nitrogen and oxygen atoms in total. The molecule has 1 amide bonds. The molecule has 0 saturated carbocycles. The highest BCUT2D eigenvalue weighted by Gasteiger charge is 2.39. The van der Waals surface area contributed by atoms with Crippen LogP contribution in [0.2, 0.25) is 0 Å². The summed E-state index contributed by atoms with van der Waals surface area (Å²) in [7, 11) is 0. The number of hydrogen-bond donors (Lipinski definition) is 1. The quantitative estimate of drug-likeness (QED) is 0.799. The van der Waals surface area contributed by atoms with E-state index in [2.05, 4.69) is 13.8 Å². The first-order chi connectivity index (χ1) is 8.84. The zero-order valence-corrected chi connectivity index (χ0v) is 12.3. The Labute approximate surface area is 114 Å². The van der Waals surface area contributed by atoms with Crippen molar-refractivity contribution in [3.8, 4) is 0 Å². The Morgan fingerprint density at radius 1 is 1.37 bits per heavy atom. The molecule has 0 aromatic rings. The molecular weight excluding hydrogens is 246 g/mol. The van der Waals surface area contributed by atoms with Gasteiger partial charge < -0.3 is 14.7 Å². The lowest BCUT2D eigenvalue weighted by Crippen LogP contribution is -2.43. The van der Waals surface area contributed by atoms with Gasteiger partial charge in [-0.2, -0.15) is 0 Å². The normalized spacial score (nSPS) is 24.8. The predicted octanol–water partition coefficient (Wildman–Crippen LogP) is 1.76. The van der Waals surface area contributed by atoms with Crippen molar-refractivity contribution in [2.75, 3.05) is 13.2 Å². The highest BCUT2D eigenvalue weighted by Crippen LogP contribution is 2.25. The van der Waals surface area contributed by atoms with E-state index in [4.69, 9.17) is 9.84 Å². The molecule has 1 N–H and O–H groups in total. The summed E-state index contributed by atoms with van der Waals surface area (Å²) >= 11 is 0. The van der Waals surface area contributed by atoms with E-state index in [0.717, 1.165) is 6.42 Å². The topological polar surface area (TPSA) is 66.8 Å². The maximum atomic E-state index is 12.2. The number of carboxylic acid groups (broad SMARTS) is 1. The van der Waals surface area contributed by atoms with Crippen molar-refractivity contribution in [1.82, 2.24) is 4.90 Å². The van der Waals surface area contributed by atoms with Crippen molar-refractivity contribution in [1.29, 1.82) is 0 Å². The summed E-state index contributed by atoms with van der Waals surface area (Å²) in [6.07, 6.45) is 0.958. The Bertz CT molecular complexity index is 329.